The molecule has 1 saturated carbocycles. The van der Waals surface area contributed by atoms with Crippen molar-refractivity contribution >= 4 is 17.5 Å². The van der Waals surface area contributed by atoms with Gasteiger partial charge in [0.25, 0.3) is 5.91 Å². The van der Waals surface area contributed by atoms with Crippen molar-refractivity contribution in [2.75, 3.05) is 19.0 Å². The maximum Gasteiger partial charge on any atom is 0.250 e. The van der Waals surface area contributed by atoms with Crippen molar-refractivity contribution in [1.82, 2.24) is 5.32 Å². The van der Waals surface area contributed by atoms with Gasteiger partial charge in [-0.25, -0.2) is 0 Å². The van der Waals surface area contributed by atoms with E-state index in [0.29, 0.717) is 17.2 Å². The van der Waals surface area contributed by atoms with E-state index in [1.54, 1.807) is 31.4 Å². The molecule has 0 heterocycles. The monoisotopic (exact) mass is 353 g/mol. The largest absolute Gasteiger partial charge is 0.497 e. The van der Waals surface area contributed by atoms with Crippen molar-refractivity contribution < 1.29 is 14.3 Å². The molecule has 0 bridgehead atoms. The fraction of sp³-hybridized carbons (Fsp3) is 0.300. The second-order valence-corrected chi connectivity index (χ2v) is 6.42. The van der Waals surface area contributed by atoms with Gasteiger partial charge >= 0.3 is 0 Å². The Bertz CT molecular complexity index is 785. The Kier molecular flexibility index (Phi) is 5.41. The first kappa shape index (κ1) is 17.8. The molecule has 2 aromatic rings. The van der Waals surface area contributed by atoms with E-state index < -0.39 is 5.91 Å². The van der Waals surface area contributed by atoms with Gasteiger partial charge in [-0.3, -0.25) is 9.59 Å². The zero-order valence-corrected chi connectivity index (χ0v) is 14.7. The average Bonchev–Trinajstić information content (AvgIpc) is 3.50. The van der Waals surface area contributed by atoms with E-state index in [2.05, 4.69) is 10.6 Å². The molecule has 0 spiro atoms. The van der Waals surface area contributed by atoms with Gasteiger partial charge in [-0.15, -0.1) is 0 Å². The third-order valence-electron chi connectivity index (χ3n) is 4.52. The fourth-order valence-corrected chi connectivity index (χ4v) is 2.97. The highest BCUT2D eigenvalue weighted by Gasteiger charge is 2.33. The number of hydrogen-bond donors (Lipinski definition) is 3. The van der Waals surface area contributed by atoms with E-state index in [1.807, 2.05) is 24.3 Å². The van der Waals surface area contributed by atoms with E-state index in [-0.39, 0.29) is 18.5 Å². The van der Waals surface area contributed by atoms with Gasteiger partial charge in [0, 0.05) is 5.69 Å². The van der Waals surface area contributed by atoms with Crippen molar-refractivity contribution in [1.29, 1.82) is 0 Å². The van der Waals surface area contributed by atoms with Crippen molar-refractivity contribution in [3.05, 3.63) is 59.7 Å². The first-order valence-electron chi connectivity index (χ1n) is 8.64. The number of carbonyl (C=O) groups is 2. The van der Waals surface area contributed by atoms with Crippen molar-refractivity contribution in [3.63, 3.8) is 0 Å². The third kappa shape index (κ3) is 4.33. The number of amides is 2. The molecule has 0 aliphatic heterocycles. The minimum atomic E-state index is -0.525. The van der Waals surface area contributed by atoms with Crippen LogP contribution in [0.5, 0.6) is 5.75 Å². The Morgan fingerprint density at radius 3 is 2.46 bits per heavy atom. The molecule has 6 heteroatoms. The molecule has 4 N–H and O–H groups in total. The van der Waals surface area contributed by atoms with Crippen LogP contribution in [0, 0.1) is 5.92 Å². The van der Waals surface area contributed by atoms with Crippen LogP contribution in [-0.4, -0.2) is 25.5 Å². The topological polar surface area (TPSA) is 93.4 Å². The van der Waals surface area contributed by atoms with Crippen LogP contribution < -0.4 is 21.1 Å². The molecule has 3 rings (SSSR count). The van der Waals surface area contributed by atoms with Crippen LogP contribution in [0.1, 0.15) is 34.8 Å². The second kappa shape index (κ2) is 7.91. The van der Waals surface area contributed by atoms with Crippen LogP contribution in [0.25, 0.3) is 0 Å². The number of ether oxygens (including phenoxy) is 1. The van der Waals surface area contributed by atoms with E-state index in [4.69, 9.17) is 10.5 Å². The molecule has 26 heavy (non-hydrogen) atoms. The summed E-state index contributed by atoms with van der Waals surface area (Å²) < 4.78 is 5.19. The van der Waals surface area contributed by atoms with E-state index in [1.165, 1.54) is 0 Å². The van der Waals surface area contributed by atoms with Gasteiger partial charge in [0.05, 0.1) is 25.3 Å². The summed E-state index contributed by atoms with van der Waals surface area (Å²) >= 11 is 0. The number of nitrogens with one attached hydrogen (secondary N) is 2. The fourth-order valence-electron chi connectivity index (χ4n) is 2.97. The summed E-state index contributed by atoms with van der Waals surface area (Å²) in [5.41, 5.74) is 7.36. The number of primary amides is 1. The molecular weight excluding hydrogens is 330 g/mol. The van der Waals surface area contributed by atoms with Crippen LogP contribution in [-0.2, 0) is 4.79 Å². The first-order valence-corrected chi connectivity index (χ1v) is 8.64. The molecule has 136 valence electrons. The average molecular weight is 353 g/mol. The summed E-state index contributed by atoms with van der Waals surface area (Å²) in [4.78, 5) is 23.9. The molecule has 2 amide bonds. The molecular formula is C20H23N3O3. The molecule has 0 aromatic heterocycles. The highest BCUT2D eigenvalue weighted by atomic mass is 16.5. The summed E-state index contributed by atoms with van der Waals surface area (Å²) in [7, 11) is 1.63. The van der Waals surface area contributed by atoms with Crippen molar-refractivity contribution in [3.8, 4) is 5.75 Å². The number of carbonyl (C=O) groups excluding carboxylic acids is 2. The number of benzene rings is 2. The molecule has 2 aromatic carbocycles. The molecule has 1 aliphatic carbocycles. The number of hydrogen-bond acceptors (Lipinski definition) is 4. The van der Waals surface area contributed by atoms with Gasteiger partial charge in [0.15, 0.2) is 0 Å². The Balaban J connectivity index is 1.63. The highest BCUT2D eigenvalue weighted by Crippen LogP contribution is 2.41. The van der Waals surface area contributed by atoms with Gasteiger partial charge in [0.2, 0.25) is 5.91 Å². The van der Waals surface area contributed by atoms with Crippen LogP contribution >= 0.6 is 0 Å². The smallest absolute Gasteiger partial charge is 0.250 e. The predicted molar refractivity (Wildman–Crippen MR) is 100 cm³/mol. The molecule has 0 saturated heterocycles. The zero-order valence-electron chi connectivity index (χ0n) is 14.7. The summed E-state index contributed by atoms with van der Waals surface area (Å²) in [5, 5.41) is 6.09. The minimum Gasteiger partial charge on any atom is -0.497 e. The quantitative estimate of drug-likeness (QED) is 0.680. The molecule has 0 unspecified atom stereocenters. The first-order chi connectivity index (χ1) is 12.6. The number of rotatable bonds is 8. The second-order valence-electron chi connectivity index (χ2n) is 6.42. The van der Waals surface area contributed by atoms with E-state index in [9.17, 15) is 9.59 Å². The SMILES string of the molecule is COc1ccc([C@H](NC(=O)CNc2ccccc2C(N)=O)C2CC2)cc1. The van der Waals surface area contributed by atoms with Crippen LogP contribution in [0.2, 0.25) is 0 Å². The van der Waals surface area contributed by atoms with Gasteiger partial charge in [-0.2, -0.15) is 0 Å². The van der Waals surface area contributed by atoms with Gasteiger partial charge < -0.3 is 21.1 Å². The Hall–Kier alpha value is -3.02. The Morgan fingerprint density at radius 1 is 1.15 bits per heavy atom. The highest BCUT2D eigenvalue weighted by molar-refractivity contribution is 5.99. The lowest BCUT2D eigenvalue weighted by molar-refractivity contribution is -0.120. The number of anilines is 1. The number of para-hydroxylation sites is 1. The van der Waals surface area contributed by atoms with Crippen LogP contribution in [0.3, 0.4) is 0 Å². The number of nitrogens with two attached hydrogens (primary N) is 1. The molecule has 6 nitrogen and oxygen atoms in total. The molecule has 1 atom stereocenters. The Labute approximate surface area is 152 Å². The normalized spacial score (nSPS) is 14.3. The third-order valence-corrected chi connectivity index (χ3v) is 4.52. The van der Waals surface area contributed by atoms with Gasteiger partial charge in [0.1, 0.15) is 5.75 Å². The summed E-state index contributed by atoms with van der Waals surface area (Å²) in [6.45, 7) is 0.0731. The minimum absolute atomic E-state index is 0.0124. The zero-order chi connectivity index (χ0) is 18.5. The van der Waals surface area contributed by atoms with Crippen LogP contribution in [0.4, 0.5) is 5.69 Å². The molecule has 0 radical (unpaired) electrons. The van der Waals surface area contributed by atoms with Gasteiger partial charge in [-0.1, -0.05) is 24.3 Å². The lowest BCUT2D eigenvalue weighted by Crippen LogP contribution is -2.34. The maximum absolute atomic E-state index is 12.4. The summed E-state index contributed by atoms with van der Waals surface area (Å²) in [6, 6.07) is 14.6. The van der Waals surface area contributed by atoms with E-state index in [0.717, 1.165) is 24.2 Å². The number of methoxy groups -OCH3 is 1. The Morgan fingerprint density at radius 2 is 1.85 bits per heavy atom. The van der Waals surface area contributed by atoms with Gasteiger partial charge in [-0.05, 0) is 48.6 Å². The summed E-state index contributed by atoms with van der Waals surface area (Å²) in [5.74, 6) is 0.601. The lowest BCUT2D eigenvalue weighted by atomic mass is 10.0. The lowest BCUT2D eigenvalue weighted by Gasteiger charge is -2.20. The maximum atomic E-state index is 12.4. The molecule has 1 aliphatic rings. The van der Waals surface area contributed by atoms with Crippen molar-refractivity contribution in [2.45, 2.75) is 18.9 Å². The predicted octanol–water partition coefficient (Wildman–Crippen LogP) is 2.47. The standard InChI is InChI=1S/C20H23N3O3/c1-26-15-10-8-14(9-11-15)19(13-6-7-13)23-18(24)12-22-17-5-3-2-4-16(17)20(21)25/h2-5,8-11,13,19,22H,6-7,12H2,1H3,(H2,21,25)(H,23,24)/t19-/m1/s1. The van der Waals surface area contributed by atoms with Crippen molar-refractivity contribution in [2.24, 2.45) is 11.7 Å². The summed E-state index contributed by atoms with van der Waals surface area (Å²) in [6.07, 6.45) is 2.21. The van der Waals surface area contributed by atoms with Crippen LogP contribution in [0.15, 0.2) is 48.5 Å². The molecule has 1 fully saturated rings. The van der Waals surface area contributed by atoms with E-state index >= 15 is 0 Å².